The molecule has 4 heteroatoms. The van der Waals surface area contributed by atoms with Crippen LogP contribution >= 0.6 is 0 Å². The summed E-state index contributed by atoms with van der Waals surface area (Å²) in [7, 11) is 4.66. The number of carbonyl (C=O) groups is 1. The van der Waals surface area contributed by atoms with Crippen LogP contribution in [0.4, 0.5) is 0 Å². The molecule has 0 aromatic heterocycles. The first-order valence-electron chi connectivity index (χ1n) is 6.02. The standard InChI is InChI=1S/C14H18O4/c1-16-12-8-14(18-3)13(17-2)7-10(12)11(15)6-9-4-5-9/h7-9H,4-6H2,1-3H3. The van der Waals surface area contributed by atoms with Crippen molar-refractivity contribution >= 4 is 5.78 Å². The molecule has 18 heavy (non-hydrogen) atoms. The minimum absolute atomic E-state index is 0.107. The molecule has 0 heterocycles. The lowest BCUT2D eigenvalue weighted by Crippen LogP contribution is -2.04. The van der Waals surface area contributed by atoms with Crippen molar-refractivity contribution in [2.75, 3.05) is 21.3 Å². The zero-order valence-corrected chi connectivity index (χ0v) is 11.0. The van der Waals surface area contributed by atoms with Gasteiger partial charge in [0.1, 0.15) is 5.75 Å². The third-order valence-electron chi connectivity index (χ3n) is 3.18. The van der Waals surface area contributed by atoms with Crippen LogP contribution in [0.3, 0.4) is 0 Å². The second-order valence-corrected chi connectivity index (χ2v) is 4.48. The van der Waals surface area contributed by atoms with Gasteiger partial charge in [-0.2, -0.15) is 0 Å². The van der Waals surface area contributed by atoms with E-state index in [9.17, 15) is 4.79 Å². The van der Waals surface area contributed by atoms with Crippen molar-refractivity contribution in [3.8, 4) is 17.2 Å². The number of rotatable bonds is 6. The quantitative estimate of drug-likeness (QED) is 0.728. The Kier molecular flexibility index (Phi) is 3.75. The van der Waals surface area contributed by atoms with E-state index in [1.54, 1.807) is 33.5 Å². The van der Waals surface area contributed by atoms with E-state index in [-0.39, 0.29) is 5.78 Å². The molecule has 1 aliphatic carbocycles. The van der Waals surface area contributed by atoms with Crippen LogP contribution in [0.5, 0.6) is 17.2 Å². The molecule has 0 N–H and O–H groups in total. The maximum atomic E-state index is 12.2. The smallest absolute Gasteiger partial charge is 0.167 e. The van der Waals surface area contributed by atoms with Crippen LogP contribution in [0, 0.1) is 5.92 Å². The molecule has 1 saturated carbocycles. The van der Waals surface area contributed by atoms with Crippen molar-refractivity contribution in [3.05, 3.63) is 17.7 Å². The second kappa shape index (κ2) is 5.29. The Morgan fingerprint density at radius 1 is 1.06 bits per heavy atom. The average Bonchev–Trinajstić information content (AvgIpc) is 3.20. The zero-order valence-electron chi connectivity index (χ0n) is 11.0. The van der Waals surface area contributed by atoms with Crippen molar-refractivity contribution < 1.29 is 19.0 Å². The molecular formula is C14H18O4. The molecule has 1 aromatic rings. The highest BCUT2D eigenvalue weighted by atomic mass is 16.5. The number of hydrogen-bond donors (Lipinski definition) is 0. The highest BCUT2D eigenvalue weighted by molar-refractivity contribution is 5.99. The monoisotopic (exact) mass is 250 g/mol. The van der Waals surface area contributed by atoms with Gasteiger partial charge in [0, 0.05) is 12.5 Å². The Labute approximate surface area is 107 Å². The lowest BCUT2D eigenvalue weighted by atomic mass is 10.0. The lowest BCUT2D eigenvalue weighted by molar-refractivity contribution is 0.0972. The average molecular weight is 250 g/mol. The normalized spacial score (nSPS) is 14.2. The van der Waals surface area contributed by atoms with Crippen LogP contribution in [-0.4, -0.2) is 27.1 Å². The van der Waals surface area contributed by atoms with Crippen LogP contribution < -0.4 is 14.2 Å². The summed E-state index contributed by atoms with van der Waals surface area (Å²) < 4.78 is 15.7. The first-order chi connectivity index (χ1) is 8.69. The number of carbonyl (C=O) groups excluding carboxylic acids is 1. The third-order valence-corrected chi connectivity index (χ3v) is 3.18. The summed E-state index contributed by atoms with van der Waals surface area (Å²) in [5.41, 5.74) is 0.571. The number of ketones is 1. The number of Topliss-reactive ketones (excluding diaryl/α,β-unsaturated/α-hetero) is 1. The molecule has 4 nitrogen and oxygen atoms in total. The number of ether oxygens (including phenoxy) is 3. The first-order valence-corrected chi connectivity index (χ1v) is 6.02. The summed E-state index contributed by atoms with van der Waals surface area (Å²) in [5, 5.41) is 0. The van der Waals surface area contributed by atoms with Crippen molar-refractivity contribution in [1.29, 1.82) is 0 Å². The fourth-order valence-electron chi connectivity index (χ4n) is 1.94. The molecule has 0 aliphatic heterocycles. The zero-order chi connectivity index (χ0) is 13.1. The molecule has 98 valence electrons. The van der Waals surface area contributed by atoms with E-state index in [1.165, 1.54) is 0 Å². The minimum Gasteiger partial charge on any atom is -0.496 e. The van der Waals surface area contributed by atoms with E-state index in [0.29, 0.717) is 35.2 Å². The number of methoxy groups -OCH3 is 3. The molecule has 0 radical (unpaired) electrons. The van der Waals surface area contributed by atoms with E-state index in [2.05, 4.69) is 0 Å². The van der Waals surface area contributed by atoms with E-state index in [4.69, 9.17) is 14.2 Å². The van der Waals surface area contributed by atoms with Gasteiger partial charge in [-0.3, -0.25) is 4.79 Å². The van der Waals surface area contributed by atoms with Crippen molar-refractivity contribution in [1.82, 2.24) is 0 Å². The molecule has 0 unspecified atom stereocenters. The van der Waals surface area contributed by atoms with Crippen LogP contribution in [0.2, 0.25) is 0 Å². The largest absolute Gasteiger partial charge is 0.496 e. The maximum absolute atomic E-state index is 12.2. The van der Waals surface area contributed by atoms with Crippen molar-refractivity contribution in [2.24, 2.45) is 5.92 Å². The van der Waals surface area contributed by atoms with Gasteiger partial charge in [-0.1, -0.05) is 0 Å². The Morgan fingerprint density at radius 2 is 1.61 bits per heavy atom. The summed E-state index contributed by atoms with van der Waals surface area (Å²) in [6.45, 7) is 0. The Bertz CT molecular complexity index is 449. The Morgan fingerprint density at radius 3 is 2.11 bits per heavy atom. The van der Waals surface area contributed by atoms with Crippen molar-refractivity contribution in [2.45, 2.75) is 19.3 Å². The summed E-state index contributed by atoms with van der Waals surface area (Å²) in [6.07, 6.45) is 2.90. The topological polar surface area (TPSA) is 44.8 Å². The van der Waals surface area contributed by atoms with Gasteiger partial charge in [0.05, 0.1) is 26.9 Å². The van der Waals surface area contributed by atoms with Gasteiger partial charge in [0.25, 0.3) is 0 Å². The fourth-order valence-corrected chi connectivity index (χ4v) is 1.94. The molecular weight excluding hydrogens is 232 g/mol. The second-order valence-electron chi connectivity index (χ2n) is 4.48. The fraction of sp³-hybridized carbons (Fsp3) is 0.500. The van der Waals surface area contributed by atoms with Gasteiger partial charge >= 0.3 is 0 Å². The molecule has 1 aliphatic rings. The molecule has 1 fully saturated rings. The minimum atomic E-state index is 0.107. The number of hydrogen-bond acceptors (Lipinski definition) is 4. The molecule has 0 atom stereocenters. The summed E-state index contributed by atoms with van der Waals surface area (Å²) in [5.74, 6) is 2.32. The van der Waals surface area contributed by atoms with Gasteiger partial charge < -0.3 is 14.2 Å². The summed E-state index contributed by atoms with van der Waals surface area (Å²) in [4.78, 5) is 12.2. The highest BCUT2D eigenvalue weighted by Gasteiger charge is 2.27. The van der Waals surface area contributed by atoms with Crippen molar-refractivity contribution in [3.63, 3.8) is 0 Å². The molecule has 0 bridgehead atoms. The molecule has 0 spiro atoms. The van der Waals surface area contributed by atoms with Gasteiger partial charge in [-0.05, 0) is 24.8 Å². The van der Waals surface area contributed by atoms with E-state index in [1.807, 2.05) is 0 Å². The first kappa shape index (κ1) is 12.7. The number of benzene rings is 1. The van der Waals surface area contributed by atoms with Gasteiger partial charge in [-0.15, -0.1) is 0 Å². The molecule has 2 rings (SSSR count). The predicted octanol–water partition coefficient (Wildman–Crippen LogP) is 2.70. The van der Waals surface area contributed by atoms with Crippen LogP contribution in [-0.2, 0) is 0 Å². The highest BCUT2D eigenvalue weighted by Crippen LogP contribution is 2.38. The van der Waals surface area contributed by atoms with E-state index < -0.39 is 0 Å². The summed E-state index contributed by atoms with van der Waals surface area (Å²) in [6, 6.07) is 3.39. The lowest BCUT2D eigenvalue weighted by Gasteiger charge is -2.13. The van der Waals surface area contributed by atoms with Gasteiger partial charge in [-0.25, -0.2) is 0 Å². The third kappa shape index (κ3) is 2.58. The SMILES string of the molecule is COc1cc(OC)c(C(=O)CC2CC2)cc1OC. The van der Waals surface area contributed by atoms with Crippen LogP contribution in [0.1, 0.15) is 29.6 Å². The Balaban J connectivity index is 2.33. The van der Waals surface area contributed by atoms with Gasteiger partial charge in [0.15, 0.2) is 17.3 Å². The predicted molar refractivity (Wildman–Crippen MR) is 67.8 cm³/mol. The molecule has 1 aromatic carbocycles. The summed E-state index contributed by atoms with van der Waals surface area (Å²) >= 11 is 0. The van der Waals surface area contributed by atoms with Gasteiger partial charge in [0.2, 0.25) is 0 Å². The Hall–Kier alpha value is -1.71. The van der Waals surface area contributed by atoms with E-state index in [0.717, 1.165) is 12.8 Å². The van der Waals surface area contributed by atoms with Crippen LogP contribution in [0.25, 0.3) is 0 Å². The molecule has 0 saturated heterocycles. The molecule has 0 amide bonds. The van der Waals surface area contributed by atoms with Crippen LogP contribution in [0.15, 0.2) is 12.1 Å². The maximum Gasteiger partial charge on any atom is 0.167 e. The van der Waals surface area contributed by atoms with E-state index >= 15 is 0 Å².